The molecule has 6 fully saturated rings. The fourth-order valence-corrected chi connectivity index (χ4v) is 33.1. The fraction of sp³-hybridized carbons (Fsp3) is 0.526. The van der Waals surface area contributed by atoms with Crippen LogP contribution in [-0.2, 0) is 67.3 Å². The summed E-state index contributed by atoms with van der Waals surface area (Å²) in [4.78, 5) is 103. The van der Waals surface area contributed by atoms with Gasteiger partial charge in [0.15, 0.2) is 0 Å². The molecule has 6 aromatic carbocycles. The number of Topliss-reactive ketones (excluding diaryl/α,β-unsaturated/α-hetero) is 6. The number of benzene rings is 6. The van der Waals surface area contributed by atoms with E-state index in [2.05, 4.69) is 248 Å². The van der Waals surface area contributed by atoms with E-state index >= 15 is 0 Å². The van der Waals surface area contributed by atoms with E-state index in [1.165, 1.54) is 171 Å². The van der Waals surface area contributed by atoms with Crippen LogP contribution in [0.1, 0.15) is 182 Å². The number of H-pyrrole nitrogens is 6. The summed E-state index contributed by atoms with van der Waals surface area (Å²) in [6.07, 6.45) is 27.7. The molecule has 18 nitrogen and oxygen atoms in total. The molecule has 12 aliphatic rings. The molecule has 6 aliphatic heterocycles. The Morgan fingerprint density at radius 2 is 0.384 bits per heavy atom. The first-order valence-corrected chi connectivity index (χ1v) is 57.9. The number of hydrogen-bond acceptors (Lipinski definition) is 18. The highest BCUT2D eigenvalue weighted by atomic mass is 32.2. The van der Waals surface area contributed by atoms with Gasteiger partial charge in [0.05, 0.1) is 34.5 Å². The summed E-state index contributed by atoms with van der Waals surface area (Å²) in [6.45, 7) is 17.0. The number of nitrogens with zero attached hydrogens (tertiary/aromatic N) is 6. The molecule has 24 heteroatoms. The van der Waals surface area contributed by atoms with Gasteiger partial charge in [-0.25, -0.2) is 0 Å². The van der Waals surface area contributed by atoms with Crippen LogP contribution in [0.25, 0.3) is 65.4 Å². The van der Waals surface area contributed by atoms with Gasteiger partial charge in [0.2, 0.25) is 0 Å². The van der Waals surface area contributed by atoms with Crippen LogP contribution in [0.15, 0.2) is 146 Å². The number of hydrogen-bond donors (Lipinski definition) is 6. The lowest BCUT2D eigenvalue weighted by molar-refractivity contribution is -0.115. The van der Waals surface area contributed by atoms with Crippen LogP contribution >= 0.6 is 70.6 Å². The minimum atomic E-state index is 0.288. The van der Waals surface area contributed by atoms with Crippen LogP contribution in [0, 0.1) is 35.5 Å². The Morgan fingerprint density at radius 1 is 0.239 bits per heavy atom. The third-order valence-electron chi connectivity index (χ3n) is 32.8. The molecule has 6 aromatic heterocycles. The topological polar surface area (TPSA) is 217 Å². The molecule has 6 aliphatic carbocycles. The maximum absolute atomic E-state index is 11.2. The third kappa shape index (κ3) is 21.6. The number of likely N-dealkylation sites (tertiary alicyclic amines) is 6. The Labute approximate surface area is 841 Å². The lowest BCUT2D eigenvalue weighted by atomic mass is 9.73. The van der Waals surface area contributed by atoms with Crippen molar-refractivity contribution in [2.75, 3.05) is 151 Å². The van der Waals surface area contributed by atoms with Crippen molar-refractivity contribution in [3.8, 4) is 0 Å². The standard InChI is InChI=1S/6C19H24N2OS/c6*1-12(22)10-23-11-13-6-16-15-4-3-5-17-19(15)14(8-20-17)7-18(16)21(2)9-13/h6*3-5,8,13,16,18,20H,6-7,9-11H2,1-2H3/t6*13-,16-,18-/m111111/s1. The van der Waals surface area contributed by atoms with Crippen LogP contribution in [0.3, 0.4) is 0 Å². The highest BCUT2D eigenvalue weighted by Gasteiger charge is 2.47. The Balaban J connectivity index is 0.000000106. The van der Waals surface area contributed by atoms with E-state index in [-0.39, 0.29) is 34.7 Å². The average Bonchev–Trinajstić information content (AvgIpc) is 1.54. The number of likely N-dealkylation sites (N-methyl/N-ethyl adjacent to an activating group) is 6. The zero-order valence-electron chi connectivity index (χ0n) is 83.0. The van der Waals surface area contributed by atoms with Crippen molar-refractivity contribution in [1.29, 1.82) is 0 Å². The lowest BCUT2D eigenvalue weighted by Gasteiger charge is -2.45. The third-order valence-corrected chi connectivity index (χ3v) is 40.7. The van der Waals surface area contributed by atoms with Crippen LogP contribution in [0.2, 0.25) is 0 Å². The average molecular weight is 1970 g/mol. The van der Waals surface area contributed by atoms with E-state index < -0.39 is 0 Å². The van der Waals surface area contributed by atoms with Crippen molar-refractivity contribution < 1.29 is 28.8 Å². The molecule has 0 amide bonds. The second-order valence-corrected chi connectivity index (χ2v) is 49.5. The Kier molecular flexibility index (Phi) is 31.6. The highest BCUT2D eigenvalue weighted by Crippen LogP contribution is 2.53. The number of thioether (sulfide) groups is 6. The first kappa shape index (κ1) is 99.2. The van der Waals surface area contributed by atoms with Gasteiger partial charge < -0.3 is 59.3 Å². The van der Waals surface area contributed by atoms with Crippen molar-refractivity contribution in [3.05, 3.63) is 213 Å². The van der Waals surface area contributed by atoms with E-state index in [9.17, 15) is 28.8 Å². The number of carbonyl (C=O) groups excluding carboxylic acids is 6. The monoisotopic (exact) mass is 1970 g/mol. The Hall–Kier alpha value is -7.56. The zero-order chi connectivity index (χ0) is 95.8. The number of ketones is 6. The van der Waals surface area contributed by atoms with Crippen molar-refractivity contribution in [1.82, 2.24) is 59.3 Å². The van der Waals surface area contributed by atoms with Crippen molar-refractivity contribution in [2.24, 2.45) is 35.5 Å². The largest absolute Gasteiger partial charge is 0.361 e. The van der Waals surface area contributed by atoms with Gasteiger partial charge in [-0.3, -0.25) is 28.8 Å². The molecule has 6 saturated heterocycles. The number of aromatic amines is 6. The normalized spacial score (nSPS) is 27.1. The molecule has 6 N–H and O–H groups in total. The summed E-state index contributed by atoms with van der Waals surface area (Å²) in [6, 6.07) is 44.0. The van der Waals surface area contributed by atoms with Gasteiger partial charge in [-0.2, -0.15) is 70.6 Å². The SMILES string of the molecule is CC(=O)CSC[C@@H]1C[C@@H]2c3cccc4[nH]cc(c34)C[C@H]2N(C)C1.CC(=O)CSC[C@@H]1C[C@@H]2c3cccc4[nH]cc(c34)C[C@H]2N(C)C1.CC(=O)CSC[C@@H]1C[C@@H]2c3cccc4[nH]cc(c34)C[C@H]2N(C)C1.CC(=O)CSC[C@@H]1C[C@@H]2c3cccc4[nH]cc(c34)C[C@H]2N(C)C1.CC(=O)CSC[C@@H]1C[C@@H]2c3cccc4[nH]cc(c34)C[C@H]2N(C)C1.CC(=O)CSC[C@@H]1C[C@@H]2c3cccc4[nH]cc(c34)C[C@H]2N(C)C1. The predicted molar refractivity (Wildman–Crippen MR) is 584 cm³/mol. The fourth-order valence-electron chi connectivity index (χ4n) is 27.3. The molecule has 0 spiro atoms. The number of carbonyl (C=O) groups is 6. The second-order valence-electron chi connectivity index (χ2n) is 43.3. The number of piperidine rings is 6. The molecule has 0 saturated carbocycles. The van der Waals surface area contributed by atoms with Crippen LogP contribution in [0.5, 0.6) is 0 Å². The molecule has 0 unspecified atom stereocenters. The van der Waals surface area contributed by atoms with Crippen LogP contribution in [0.4, 0.5) is 0 Å². The van der Waals surface area contributed by atoms with Gasteiger partial charge in [0, 0.05) is 214 Å². The van der Waals surface area contributed by atoms with Gasteiger partial charge in [0.1, 0.15) is 34.7 Å². The number of aromatic nitrogens is 6. The first-order chi connectivity index (χ1) is 66.8. The summed E-state index contributed by atoms with van der Waals surface area (Å²) in [5, 5.41) is 8.83. The smallest absolute Gasteiger partial charge is 0.139 e. The molecule has 18 atom stereocenters. The molecular formula is C114H144N12O6S6. The van der Waals surface area contributed by atoms with Gasteiger partial charge in [0.25, 0.3) is 0 Å². The van der Waals surface area contributed by atoms with E-state index in [0.29, 0.717) is 142 Å². The molecule has 12 heterocycles. The lowest BCUT2D eigenvalue weighted by Crippen LogP contribution is -2.48. The number of rotatable bonds is 24. The minimum absolute atomic E-state index is 0.288. The van der Waals surface area contributed by atoms with Gasteiger partial charge in [-0.1, -0.05) is 72.8 Å². The maximum Gasteiger partial charge on any atom is 0.139 e. The second kappa shape index (κ2) is 43.9. The minimum Gasteiger partial charge on any atom is -0.361 e. The summed E-state index contributed by atoms with van der Waals surface area (Å²) >= 11 is 10.8. The maximum atomic E-state index is 11.2. The zero-order valence-corrected chi connectivity index (χ0v) is 87.9. The number of nitrogens with one attached hydrogen (secondary N) is 6. The van der Waals surface area contributed by atoms with E-state index in [1.54, 1.807) is 112 Å². The molecule has 138 heavy (non-hydrogen) atoms. The van der Waals surface area contributed by atoms with Crippen molar-refractivity contribution in [2.45, 2.75) is 190 Å². The number of fused-ring (bicyclic) bond motifs is 12. The van der Waals surface area contributed by atoms with Gasteiger partial charge in [-0.15, -0.1) is 0 Å². The van der Waals surface area contributed by atoms with E-state index in [1.807, 2.05) is 0 Å². The van der Waals surface area contributed by atoms with Gasteiger partial charge >= 0.3 is 0 Å². The predicted octanol–water partition coefficient (Wildman–Crippen LogP) is 20.7. The van der Waals surface area contributed by atoms with E-state index in [0.717, 1.165) is 112 Å². The Bertz CT molecular complexity index is 5410. The summed E-state index contributed by atoms with van der Waals surface area (Å²) in [5.74, 6) is 20.1. The van der Waals surface area contributed by atoms with E-state index in [4.69, 9.17) is 0 Å². The summed E-state index contributed by atoms with van der Waals surface area (Å²) in [5.41, 5.74) is 25.8. The van der Waals surface area contributed by atoms with Crippen molar-refractivity contribution >= 4 is 171 Å². The van der Waals surface area contributed by atoms with Gasteiger partial charge in [-0.05, 0) is 334 Å². The molecule has 24 rings (SSSR count). The molecule has 0 radical (unpaired) electrons. The molecular weight excluding hydrogens is 1830 g/mol. The quantitative estimate of drug-likeness (QED) is 0.0331. The summed E-state index contributed by atoms with van der Waals surface area (Å²) < 4.78 is 0. The molecule has 12 aromatic rings. The molecule has 0 bridgehead atoms. The molecule has 732 valence electrons. The first-order valence-electron chi connectivity index (χ1n) is 51.0. The Morgan fingerprint density at radius 3 is 0.522 bits per heavy atom. The highest BCUT2D eigenvalue weighted by molar-refractivity contribution is 8.01. The van der Waals surface area contributed by atoms with Crippen LogP contribution < -0.4 is 0 Å². The van der Waals surface area contributed by atoms with Crippen LogP contribution in [-0.4, -0.2) is 281 Å². The van der Waals surface area contributed by atoms with Crippen molar-refractivity contribution in [3.63, 3.8) is 0 Å². The summed E-state index contributed by atoms with van der Waals surface area (Å²) in [7, 11) is 13.7.